The fourth-order valence-corrected chi connectivity index (χ4v) is 1.97. The van der Waals surface area contributed by atoms with E-state index < -0.39 is 15.7 Å². The number of sulfone groups is 1. The molecule has 98 valence electrons. The Hall–Kier alpha value is -2.16. The van der Waals surface area contributed by atoms with E-state index in [9.17, 15) is 12.8 Å². The van der Waals surface area contributed by atoms with E-state index in [1.165, 1.54) is 0 Å². The second kappa shape index (κ2) is 5.00. The third-order valence-corrected chi connectivity index (χ3v) is 2.94. The van der Waals surface area contributed by atoms with Gasteiger partial charge in [-0.1, -0.05) is 0 Å². The Balaban J connectivity index is 3.40. The molecule has 1 aromatic carbocycles. The van der Waals surface area contributed by atoms with Crippen molar-refractivity contribution in [2.75, 3.05) is 6.26 Å². The van der Waals surface area contributed by atoms with Gasteiger partial charge in [0, 0.05) is 12.3 Å². The fourth-order valence-electron chi connectivity index (χ4n) is 1.17. The molecule has 0 saturated carbocycles. The zero-order chi connectivity index (χ0) is 13.9. The minimum atomic E-state index is -3.56. The van der Waals surface area contributed by atoms with E-state index in [-0.39, 0.29) is 22.5 Å². The molecule has 0 radical (unpaired) electrons. The highest BCUT2D eigenvalue weighted by atomic mass is 32.2. The minimum Gasteiger partial charge on any atom is -0.370 e. The van der Waals surface area contributed by atoms with Crippen LogP contribution in [0.4, 0.5) is 10.1 Å². The summed E-state index contributed by atoms with van der Waals surface area (Å²) in [5, 5.41) is 0. The molecule has 0 aromatic heterocycles. The summed E-state index contributed by atoms with van der Waals surface area (Å²) in [6.07, 6.45) is 0.968. The molecule has 0 saturated heterocycles. The smallest absolute Gasteiger partial charge is 0.223 e. The van der Waals surface area contributed by atoms with Crippen LogP contribution in [0.5, 0.6) is 0 Å². The number of hydrogen-bond donors (Lipinski definition) is 3. The second-order valence-electron chi connectivity index (χ2n) is 3.39. The standard InChI is InChI=1S/C9H12FN5O2S/c1-18(16,17)7-3-2-5(10)4-6(7)14-9(13)15-8(11)12/h2-4H,1H3,(H6,11,12,13,14,15). The van der Waals surface area contributed by atoms with Gasteiger partial charge in [-0.25, -0.2) is 17.8 Å². The third-order valence-electron chi connectivity index (χ3n) is 1.80. The zero-order valence-electron chi connectivity index (χ0n) is 9.46. The summed E-state index contributed by atoms with van der Waals surface area (Å²) in [6.45, 7) is 0. The molecular weight excluding hydrogens is 261 g/mol. The van der Waals surface area contributed by atoms with Crippen LogP contribution in [0.1, 0.15) is 0 Å². The Bertz CT molecular complexity index is 620. The number of rotatable bonds is 2. The molecule has 0 aliphatic carbocycles. The van der Waals surface area contributed by atoms with Crippen molar-refractivity contribution >= 4 is 27.4 Å². The van der Waals surface area contributed by atoms with Gasteiger partial charge in [0.1, 0.15) is 5.82 Å². The first-order valence-electron chi connectivity index (χ1n) is 4.63. The van der Waals surface area contributed by atoms with Crippen molar-refractivity contribution in [3.63, 3.8) is 0 Å². The average molecular weight is 273 g/mol. The van der Waals surface area contributed by atoms with Crippen molar-refractivity contribution in [3.8, 4) is 0 Å². The number of benzene rings is 1. The topological polar surface area (TPSA) is 137 Å². The van der Waals surface area contributed by atoms with Crippen LogP contribution in [0.15, 0.2) is 33.1 Å². The molecule has 0 heterocycles. The molecule has 9 heteroatoms. The molecule has 0 fully saturated rings. The van der Waals surface area contributed by atoms with Crippen LogP contribution in [0.2, 0.25) is 0 Å². The second-order valence-corrected chi connectivity index (χ2v) is 5.38. The van der Waals surface area contributed by atoms with Gasteiger partial charge in [0.2, 0.25) is 5.96 Å². The molecule has 1 rings (SSSR count). The Morgan fingerprint density at radius 1 is 1.28 bits per heavy atom. The maximum atomic E-state index is 13.1. The van der Waals surface area contributed by atoms with Gasteiger partial charge >= 0.3 is 0 Å². The van der Waals surface area contributed by atoms with E-state index in [1.807, 2.05) is 0 Å². The summed E-state index contributed by atoms with van der Waals surface area (Å²) in [5.41, 5.74) is 15.3. The lowest BCUT2D eigenvalue weighted by molar-refractivity contribution is 0.600. The Morgan fingerprint density at radius 2 is 1.89 bits per heavy atom. The van der Waals surface area contributed by atoms with Gasteiger partial charge < -0.3 is 17.2 Å². The Kier molecular flexibility index (Phi) is 3.86. The first-order chi connectivity index (χ1) is 8.20. The van der Waals surface area contributed by atoms with Gasteiger partial charge in [0.25, 0.3) is 0 Å². The molecule has 6 N–H and O–H groups in total. The van der Waals surface area contributed by atoms with E-state index in [0.29, 0.717) is 0 Å². The van der Waals surface area contributed by atoms with Crippen LogP contribution >= 0.6 is 0 Å². The molecule has 0 amide bonds. The van der Waals surface area contributed by atoms with E-state index in [4.69, 9.17) is 17.2 Å². The lowest BCUT2D eigenvalue weighted by Gasteiger charge is -2.03. The highest BCUT2D eigenvalue weighted by Crippen LogP contribution is 2.25. The summed E-state index contributed by atoms with van der Waals surface area (Å²) < 4.78 is 36.0. The first kappa shape index (κ1) is 13.9. The Labute approximate surface area is 103 Å². The lowest BCUT2D eigenvalue weighted by Crippen LogP contribution is -2.26. The summed E-state index contributed by atoms with van der Waals surface area (Å²) in [5.74, 6) is -1.36. The monoisotopic (exact) mass is 273 g/mol. The average Bonchev–Trinajstić information content (AvgIpc) is 2.13. The van der Waals surface area contributed by atoms with Crippen molar-refractivity contribution < 1.29 is 12.8 Å². The summed E-state index contributed by atoms with van der Waals surface area (Å²) in [4.78, 5) is 6.89. The molecule has 0 aliphatic heterocycles. The van der Waals surface area contributed by atoms with E-state index in [2.05, 4.69) is 9.98 Å². The molecule has 1 aromatic rings. The van der Waals surface area contributed by atoms with Crippen LogP contribution in [0, 0.1) is 5.82 Å². The van der Waals surface area contributed by atoms with Crippen LogP contribution in [-0.4, -0.2) is 26.6 Å². The molecule has 0 atom stereocenters. The number of nitrogens with zero attached hydrogens (tertiary/aromatic N) is 2. The fraction of sp³-hybridized carbons (Fsp3) is 0.111. The molecule has 0 aliphatic rings. The number of aliphatic imine (C=N–C) groups is 2. The molecule has 0 bridgehead atoms. The Morgan fingerprint density at radius 3 is 2.39 bits per heavy atom. The van der Waals surface area contributed by atoms with Gasteiger partial charge in [0.15, 0.2) is 15.8 Å². The van der Waals surface area contributed by atoms with Crippen molar-refractivity contribution in [3.05, 3.63) is 24.0 Å². The number of nitrogens with two attached hydrogens (primary N) is 3. The zero-order valence-corrected chi connectivity index (χ0v) is 10.3. The summed E-state index contributed by atoms with van der Waals surface area (Å²) in [7, 11) is -3.56. The van der Waals surface area contributed by atoms with Crippen molar-refractivity contribution in [1.29, 1.82) is 0 Å². The number of hydrogen-bond acceptors (Lipinski definition) is 3. The predicted molar refractivity (Wildman–Crippen MR) is 66.6 cm³/mol. The van der Waals surface area contributed by atoms with Gasteiger partial charge in [-0.15, -0.1) is 0 Å². The minimum absolute atomic E-state index is 0.167. The maximum absolute atomic E-state index is 13.1. The summed E-state index contributed by atoms with van der Waals surface area (Å²) in [6, 6.07) is 3.02. The third kappa shape index (κ3) is 3.70. The number of guanidine groups is 2. The lowest BCUT2D eigenvalue weighted by atomic mass is 10.3. The predicted octanol–water partition coefficient (Wildman–Crippen LogP) is -0.551. The number of halogens is 1. The van der Waals surface area contributed by atoms with Gasteiger partial charge in [-0.05, 0) is 12.1 Å². The van der Waals surface area contributed by atoms with E-state index in [0.717, 1.165) is 24.5 Å². The molecule has 0 unspecified atom stereocenters. The normalized spacial score (nSPS) is 12.2. The van der Waals surface area contributed by atoms with Crippen molar-refractivity contribution in [2.24, 2.45) is 27.2 Å². The van der Waals surface area contributed by atoms with E-state index in [1.54, 1.807) is 0 Å². The van der Waals surface area contributed by atoms with Gasteiger partial charge in [0.05, 0.1) is 10.6 Å². The van der Waals surface area contributed by atoms with Gasteiger partial charge in [-0.3, -0.25) is 0 Å². The van der Waals surface area contributed by atoms with Crippen molar-refractivity contribution in [2.45, 2.75) is 4.90 Å². The van der Waals surface area contributed by atoms with E-state index >= 15 is 0 Å². The summed E-state index contributed by atoms with van der Waals surface area (Å²) >= 11 is 0. The molecule has 0 spiro atoms. The van der Waals surface area contributed by atoms with Crippen LogP contribution in [0.3, 0.4) is 0 Å². The molecule has 18 heavy (non-hydrogen) atoms. The highest BCUT2D eigenvalue weighted by Gasteiger charge is 2.14. The largest absolute Gasteiger partial charge is 0.370 e. The first-order valence-corrected chi connectivity index (χ1v) is 6.52. The molecule has 7 nitrogen and oxygen atoms in total. The molecular formula is C9H12FN5O2S. The highest BCUT2D eigenvalue weighted by molar-refractivity contribution is 7.90. The van der Waals surface area contributed by atoms with Crippen LogP contribution in [-0.2, 0) is 9.84 Å². The van der Waals surface area contributed by atoms with Crippen molar-refractivity contribution in [1.82, 2.24) is 0 Å². The van der Waals surface area contributed by atoms with Crippen LogP contribution in [0.25, 0.3) is 0 Å². The SMILES string of the molecule is CS(=O)(=O)c1ccc(F)cc1N=C(N)N=C(N)N. The van der Waals surface area contributed by atoms with Gasteiger partial charge in [-0.2, -0.15) is 4.99 Å². The quantitative estimate of drug-likeness (QED) is 0.377. The van der Waals surface area contributed by atoms with Crippen LogP contribution < -0.4 is 17.2 Å². The maximum Gasteiger partial charge on any atom is 0.223 e.